The molecule has 0 saturated heterocycles. The molecule has 1 amide bonds. The van der Waals surface area contributed by atoms with E-state index in [0.29, 0.717) is 50.1 Å². The van der Waals surface area contributed by atoms with Crippen LogP contribution in [0.3, 0.4) is 0 Å². The molecule has 0 spiro atoms. The van der Waals surface area contributed by atoms with Crippen molar-refractivity contribution in [3.63, 3.8) is 0 Å². The van der Waals surface area contributed by atoms with Crippen LogP contribution >= 0.6 is 0 Å². The first-order chi connectivity index (χ1) is 20.6. The number of amides is 1. The van der Waals surface area contributed by atoms with Crippen molar-refractivity contribution in [1.82, 2.24) is 0 Å². The van der Waals surface area contributed by atoms with E-state index in [9.17, 15) is 29.2 Å². The molecule has 4 rings (SSSR count). The topological polar surface area (TPSA) is 135 Å². The summed E-state index contributed by atoms with van der Waals surface area (Å²) in [7, 11) is 0. The number of benzene rings is 4. The molecule has 0 unspecified atom stereocenters. The van der Waals surface area contributed by atoms with E-state index in [4.69, 9.17) is 5.73 Å². The Morgan fingerprint density at radius 1 is 0.628 bits per heavy atom. The molecule has 0 aliphatic rings. The Morgan fingerprint density at radius 2 is 1.09 bits per heavy atom. The first kappa shape index (κ1) is 30.5. The molecular weight excluding hydrogens is 540 g/mol. The van der Waals surface area contributed by atoms with Crippen LogP contribution in [-0.4, -0.2) is 29.0 Å². The molecule has 0 saturated carbocycles. The van der Waals surface area contributed by atoms with Crippen LogP contribution in [0.5, 0.6) is 0 Å². The molecule has 0 fully saturated rings. The van der Waals surface area contributed by atoms with Gasteiger partial charge in [0, 0.05) is 47.1 Å². The zero-order chi connectivity index (χ0) is 31.1. The second-order valence-corrected chi connectivity index (χ2v) is 10.3. The monoisotopic (exact) mass is 570 g/mol. The molecule has 0 aromatic heterocycles. The number of primary amides is 1. The van der Waals surface area contributed by atoms with E-state index in [1.807, 2.05) is 13.0 Å². The first-order valence-electron chi connectivity index (χ1n) is 13.8. The molecule has 0 heterocycles. The third-order valence-electron chi connectivity index (χ3n) is 7.35. The molecule has 0 atom stereocenters. The van der Waals surface area contributed by atoms with Gasteiger partial charge in [-0.25, -0.2) is 0 Å². The third kappa shape index (κ3) is 7.43. The number of ketones is 4. The van der Waals surface area contributed by atoms with Gasteiger partial charge in [-0.2, -0.15) is 5.26 Å². The molecule has 4 aromatic rings. The van der Waals surface area contributed by atoms with Crippen LogP contribution in [-0.2, 0) is 25.7 Å². The average molecular weight is 571 g/mol. The van der Waals surface area contributed by atoms with Crippen LogP contribution in [0.15, 0.2) is 84.9 Å². The lowest BCUT2D eigenvalue weighted by atomic mass is 9.94. The van der Waals surface area contributed by atoms with Crippen molar-refractivity contribution in [2.45, 2.75) is 39.5 Å². The summed E-state index contributed by atoms with van der Waals surface area (Å²) in [5.41, 5.74) is 10.6. The lowest BCUT2D eigenvalue weighted by Gasteiger charge is -2.09. The number of nitrogens with zero attached hydrogens (tertiary/aromatic N) is 1. The van der Waals surface area contributed by atoms with Crippen LogP contribution in [0.25, 0.3) is 0 Å². The van der Waals surface area contributed by atoms with Gasteiger partial charge in [-0.1, -0.05) is 79.7 Å². The van der Waals surface area contributed by atoms with Gasteiger partial charge >= 0.3 is 0 Å². The van der Waals surface area contributed by atoms with Gasteiger partial charge in [0.05, 0.1) is 11.6 Å². The van der Waals surface area contributed by atoms with E-state index in [2.05, 4.69) is 6.07 Å². The smallest absolute Gasteiger partial charge is 0.249 e. The van der Waals surface area contributed by atoms with Gasteiger partial charge < -0.3 is 5.73 Å². The summed E-state index contributed by atoms with van der Waals surface area (Å²) in [6.45, 7) is 3.42. The maximum absolute atomic E-state index is 13.0. The van der Waals surface area contributed by atoms with Crippen LogP contribution in [0.1, 0.15) is 93.5 Å². The minimum Gasteiger partial charge on any atom is -0.366 e. The third-order valence-corrected chi connectivity index (χ3v) is 7.35. The van der Waals surface area contributed by atoms with E-state index in [0.717, 1.165) is 12.0 Å². The number of nitriles is 1. The van der Waals surface area contributed by atoms with Gasteiger partial charge in [-0.3, -0.25) is 24.0 Å². The highest BCUT2D eigenvalue weighted by Crippen LogP contribution is 2.19. The number of hydrogen-bond donors (Lipinski definition) is 1. The number of nitrogens with two attached hydrogens (primary N) is 1. The highest BCUT2D eigenvalue weighted by molar-refractivity contribution is 6.03. The predicted molar refractivity (Wildman–Crippen MR) is 162 cm³/mol. The highest BCUT2D eigenvalue weighted by Gasteiger charge is 2.16. The standard InChI is InChI=1S/C36H30N2O5/c1-3-23-4-7-30(32(17-23)36(38)43)20-35(42)28-14-12-26(13-15-28)33(40)18-24-5-6-29(31(16-24)21-37)19-34(41)27-10-8-25(9-11-27)22(2)39/h4-17H,3,18-20H2,1-2H3,(H2,38,43). The molecule has 0 bridgehead atoms. The average Bonchev–Trinajstić information content (AvgIpc) is 3.01. The molecule has 0 radical (unpaired) electrons. The fourth-order valence-electron chi connectivity index (χ4n) is 4.79. The van der Waals surface area contributed by atoms with Gasteiger partial charge in [0.1, 0.15) is 0 Å². The fourth-order valence-corrected chi connectivity index (χ4v) is 4.79. The quantitative estimate of drug-likeness (QED) is 0.217. The Bertz CT molecular complexity index is 1780. The molecule has 43 heavy (non-hydrogen) atoms. The van der Waals surface area contributed by atoms with Crippen molar-refractivity contribution < 1.29 is 24.0 Å². The number of carbonyl (C=O) groups excluding carboxylic acids is 5. The minimum absolute atomic E-state index is 0.00503. The van der Waals surface area contributed by atoms with Crippen molar-refractivity contribution in [3.05, 3.63) is 141 Å². The van der Waals surface area contributed by atoms with E-state index in [1.165, 1.54) is 6.92 Å². The van der Waals surface area contributed by atoms with Crippen LogP contribution in [0, 0.1) is 11.3 Å². The minimum atomic E-state index is -0.585. The summed E-state index contributed by atoms with van der Waals surface area (Å²) in [6, 6.07) is 25.2. The van der Waals surface area contributed by atoms with Crippen molar-refractivity contribution in [2.75, 3.05) is 0 Å². The summed E-state index contributed by atoms with van der Waals surface area (Å²) in [4.78, 5) is 62.1. The first-order valence-corrected chi connectivity index (χ1v) is 13.8. The lowest BCUT2D eigenvalue weighted by Crippen LogP contribution is -2.16. The zero-order valence-corrected chi connectivity index (χ0v) is 24.0. The maximum Gasteiger partial charge on any atom is 0.249 e. The van der Waals surface area contributed by atoms with Crippen LogP contribution < -0.4 is 5.73 Å². The van der Waals surface area contributed by atoms with Gasteiger partial charge in [0.15, 0.2) is 23.1 Å². The molecule has 214 valence electrons. The molecule has 7 nitrogen and oxygen atoms in total. The highest BCUT2D eigenvalue weighted by atomic mass is 16.1. The fraction of sp³-hybridized carbons (Fsp3) is 0.167. The van der Waals surface area contributed by atoms with Crippen LogP contribution in [0.4, 0.5) is 0 Å². The molecule has 0 aliphatic carbocycles. The summed E-state index contributed by atoms with van der Waals surface area (Å²) in [5, 5.41) is 9.70. The number of aryl methyl sites for hydroxylation is 1. The summed E-state index contributed by atoms with van der Waals surface area (Å²) >= 11 is 0. The number of hydrogen-bond acceptors (Lipinski definition) is 6. The lowest BCUT2D eigenvalue weighted by molar-refractivity contribution is 0.0977. The van der Waals surface area contributed by atoms with Gasteiger partial charge in [0.25, 0.3) is 0 Å². The summed E-state index contributed by atoms with van der Waals surface area (Å²) in [5.74, 6) is -1.26. The normalized spacial score (nSPS) is 10.5. The van der Waals surface area contributed by atoms with Crippen molar-refractivity contribution in [2.24, 2.45) is 5.73 Å². The molecular formula is C36H30N2O5. The van der Waals surface area contributed by atoms with E-state index < -0.39 is 5.91 Å². The van der Waals surface area contributed by atoms with Crippen molar-refractivity contribution >= 4 is 29.0 Å². The molecule has 0 aliphatic heterocycles. The van der Waals surface area contributed by atoms with E-state index in [-0.39, 0.29) is 42.4 Å². The number of Topliss-reactive ketones (excluding diaryl/α,β-unsaturated/α-hetero) is 4. The maximum atomic E-state index is 13.0. The van der Waals surface area contributed by atoms with Gasteiger partial charge in [-0.15, -0.1) is 0 Å². The van der Waals surface area contributed by atoms with Gasteiger partial charge in [0.2, 0.25) is 5.91 Å². The van der Waals surface area contributed by atoms with Crippen molar-refractivity contribution in [1.29, 1.82) is 5.26 Å². The Hall–Kier alpha value is -5.48. The Balaban J connectivity index is 1.42. The van der Waals surface area contributed by atoms with E-state index in [1.54, 1.807) is 78.9 Å². The molecule has 4 aromatic carbocycles. The second kappa shape index (κ2) is 13.5. The summed E-state index contributed by atoms with van der Waals surface area (Å²) < 4.78 is 0. The Morgan fingerprint density at radius 3 is 1.58 bits per heavy atom. The van der Waals surface area contributed by atoms with E-state index >= 15 is 0 Å². The largest absolute Gasteiger partial charge is 0.366 e. The number of rotatable bonds is 12. The Kier molecular flexibility index (Phi) is 9.54. The van der Waals surface area contributed by atoms with Crippen LogP contribution in [0.2, 0.25) is 0 Å². The predicted octanol–water partition coefficient (Wildman–Crippen LogP) is 5.70. The SMILES string of the molecule is CCc1ccc(CC(=O)c2ccc(C(=O)Cc3ccc(CC(=O)c4ccc(C(C)=O)cc4)c(C#N)c3)cc2)c(C(N)=O)c1. The number of carbonyl (C=O) groups is 5. The Labute approximate surface area is 250 Å². The van der Waals surface area contributed by atoms with Gasteiger partial charge in [-0.05, 0) is 47.7 Å². The van der Waals surface area contributed by atoms with Crippen molar-refractivity contribution in [3.8, 4) is 6.07 Å². The zero-order valence-electron chi connectivity index (χ0n) is 24.0. The molecule has 7 heteroatoms. The summed E-state index contributed by atoms with van der Waals surface area (Å²) in [6.07, 6.45) is 0.791. The second-order valence-electron chi connectivity index (χ2n) is 10.3. The molecule has 2 N–H and O–H groups in total.